The lowest BCUT2D eigenvalue weighted by molar-refractivity contribution is -0.275. The Morgan fingerprint density at radius 3 is 1.29 bits per heavy atom. The minimum absolute atomic E-state index is 0.0891. The molecule has 2 aliphatic carbocycles. The molecule has 0 aliphatic heterocycles. The molecule has 10 rings (SSSR count). The van der Waals surface area contributed by atoms with Crippen molar-refractivity contribution in [1.29, 1.82) is 0 Å². The van der Waals surface area contributed by atoms with Crippen LogP contribution in [0.25, 0.3) is 11.4 Å². The van der Waals surface area contributed by atoms with Gasteiger partial charge in [-0.1, -0.05) is 47.5 Å². The van der Waals surface area contributed by atoms with Crippen molar-refractivity contribution in [3.8, 4) is 34.4 Å². The predicted molar refractivity (Wildman–Crippen MR) is 276 cm³/mol. The number of alkyl halides is 6. The summed E-state index contributed by atoms with van der Waals surface area (Å²) in [5.74, 6) is 2.75. The van der Waals surface area contributed by atoms with E-state index >= 15 is 0 Å². The highest BCUT2D eigenvalue weighted by molar-refractivity contribution is 6.29. The number of hydrogen-bond acceptors (Lipinski definition) is 14. The van der Waals surface area contributed by atoms with Crippen molar-refractivity contribution in [2.24, 2.45) is 0 Å². The molecule has 4 aromatic carbocycles. The van der Waals surface area contributed by atoms with Gasteiger partial charge in [0.2, 0.25) is 11.9 Å². The molecule has 396 valence electrons. The van der Waals surface area contributed by atoms with Gasteiger partial charge >= 0.3 is 12.7 Å². The van der Waals surface area contributed by atoms with E-state index in [-0.39, 0.29) is 23.3 Å². The van der Waals surface area contributed by atoms with Crippen LogP contribution in [0.3, 0.4) is 0 Å². The molecule has 76 heavy (non-hydrogen) atoms. The van der Waals surface area contributed by atoms with E-state index in [0.29, 0.717) is 58.2 Å². The van der Waals surface area contributed by atoms with E-state index in [1.165, 1.54) is 24.3 Å². The van der Waals surface area contributed by atoms with Crippen LogP contribution in [0.1, 0.15) is 72.2 Å². The summed E-state index contributed by atoms with van der Waals surface area (Å²) in [7, 11) is 3.15. The van der Waals surface area contributed by atoms with Gasteiger partial charge in [0.25, 0.3) is 0 Å². The van der Waals surface area contributed by atoms with E-state index in [9.17, 15) is 26.3 Å². The lowest BCUT2D eigenvalue weighted by Crippen LogP contribution is -2.17. The smallest absolute Gasteiger partial charge is 0.494 e. The Labute approximate surface area is 441 Å². The summed E-state index contributed by atoms with van der Waals surface area (Å²) in [6.07, 6.45) is 0.122. The number of halogens is 8. The first-order chi connectivity index (χ1) is 36.5. The van der Waals surface area contributed by atoms with Crippen molar-refractivity contribution in [2.75, 3.05) is 48.6 Å². The number of methoxy groups -OCH3 is 2. The van der Waals surface area contributed by atoms with E-state index in [0.717, 1.165) is 82.3 Å². The van der Waals surface area contributed by atoms with Gasteiger partial charge in [0.15, 0.2) is 0 Å². The van der Waals surface area contributed by atoms with Crippen molar-refractivity contribution >= 4 is 58.1 Å². The molecule has 0 unspecified atom stereocenters. The molecule has 16 nitrogen and oxygen atoms in total. The molecule has 4 heterocycles. The molecule has 0 saturated carbocycles. The van der Waals surface area contributed by atoms with Crippen LogP contribution >= 0.6 is 23.2 Å². The summed E-state index contributed by atoms with van der Waals surface area (Å²) >= 11 is 11.9. The number of benzene rings is 4. The fraction of sp³-hybridized carbons (Fsp3) is 0.269. The number of ether oxygens (including phenoxy) is 4. The summed E-state index contributed by atoms with van der Waals surface area (Å²) < 4.78 is 98.1. The third-order valence-electron chi connectivity index (χ3n) is 12.4. The van der Waals surface area contributed by atoms with E-state index in [1.54, 1.807) is 72.7 Å². The van der Waals surface area contributed by atoms with E-state index in [4.69, 9.17) is 52.6 Å². The van der Waals surface area contributed by atoms with Crippen LogP contribution < -0.4 is 40.2 Å². The molecule has 0 spiro atoms. The molecule has 0 amide bonds. The SMILES string of the molecule is CCNc1nc(Nc2ccc(-n3cnc(Cl)c3)c(OC)c2)nc2c1CC[C@@H]2c1ccc(OC(F)(F)F)cc1.CCNc1nc(Nc2ccc(-n3cnc(Cl)c3)c(OC)c2)nc2c1CC[C@H]2c1ccc(OC(F)(F)F)cc1. The van der Waals surface area contributed by atoms with Crippen molar-refractivity contribution < 1.29 is 45.3 Å². The second-order valence-corrected chi connectivity index (χ2v) is 18.0. The average molecular weight is 1090 g/mol. The van der Waals surface area contributed by atoms with Crippen LogP contribution in [-0.2, 0) is 12.8 Å². The van der Waals surface area contributed by atoms with Crippen LogP contribution in [-0.4, -0.2) is 79.1 Å². The standard InChI is InChI=1S/2C26H24ClF3N6O2/c2*1-3-31-24-19-10-9-18(15-4-7-17(8-5-15)38-26(28,29)30)23(19)34-25(35-24)33-16-6-11-20(21(12-16)37-2)36-13-22(27)32-14-36/h2*4-8,11-14,18H,3,9-10H2,1-2H3,(H2,31,33,34,35)/t2*18-/m10/s1. The lowest BCUT2D eigenvalue weighted by Gasteiger charge is -2.17. The van der Waals surface area contributed by atoms with E-state index in [1.807, 2.05) is 50.2 Å². The molecular formula is C52H48Cl2F6N12O4. The van der Waals surface area contributed by atoms with E-state index in [2.05, 4.69) is 40.7 Å². The van der Waals surface area contributed by atoms with Crippen molar-refractivity contribution in [3.63, 3.8) is 0 Å². The van der Waals surface area contributed by atoms with Gasteiger partial charge in [0, 0.05) is 72.0 Å². The zero-order chi connectivity index (χ0) is 53.7. The quantitative estimate of drug-likeness (QED) is 0.0673. The van der Waals surface area contributed by atoms with Crippen molar-refractivity contribution in [2.45, 2.75) is 64.1 Å². The molecule has 2 atom stereocenters. The summed E-state index contributed by atoms with van der Waals surface area (Å²) in [6.45, 7) is 5.32. The Kier molecular flexibility index (Phi) is 15.6. The number of rotatable bonds is 16. The van der Waals surface area contributed by atoms with Crippen LogP contribution in [0.2, 0.25) is 10.3 Å². The number of aromatic nitrogens is 8. The zero-order valence-corrected chi connectivity index (χ0v) is 42.5. The average Bonchev–Trinajstić information content (AvgIpc) is 4.24. The van der Waals surface area contributed by atoms with Gasteiger partial charge in [-0.2, -0.15) is 9.97 Å². The molecule has 24 heteroatoms. The van der Waals surface area contributed by atoms with Gasteiger partial charge in [-0.05, 0) is 99.2 Å². The van der Waals surface area contributed by atoms with Crippen LogP contribution in [0.5, 0.6) is 23.0 Å². The second-order valence-electron chi connectivity index (χ2n) is 17.2. The normalized spacial score (nSPS) is 14.7. The maximum atomic E-state index is 12.6. The summed E-state index contributed by atoms with van der Waals surface area (Å²) in [5.41, 5.74) is 8.33. The van der Waals surface area contributed by atoms with Gasteiger partial charge in [0.1, 0.15) is 57.6 Å². The zero-order valence-electron chi connectivity index (χ0n) is 41.0. The number of anilines is 6. The summed E-state index contributed by atoms with van der Waals surface area (Å²) in [6, 6.07) is 23.0. The first-order valence-corrected chi connectivity index (χ1v) is 24.5. The number of nitrogens with zero attached hydrogens (tertiary/aromatic N) is 8. The third-order valence-corrected chi connectivity index (χ3v) is 12.7. The Morgan fingerprint density at radius 2 is 0.961 bits per heavy atom. The molecule has 0 fully saturated rings. The van der Waals surface area contributed by atoms with Crippen molar-refractivity contribution in [1.82, 2.24) is 39.0 Å². The maximum Gasteiger partial charge on any atom is 0.573 e. The molecule has 0 radical (unpaired) electrons. The highest BCUT2D eigenvalue weighted by Gasteiger charge is 2.34. The fourth-order valence-corrected chi connectivity index (χ4v) is 9.47. The molecule has 0 bridgehead atoms. The highest BCUT2D eigenvalue weighted by Crippen LogP contribution is 2.43. The summed E-state index contributed by atoms with van der Waals surface area (Å²) in [4.78, 5) is 27.1. The predicted octanol–water partition coefficient (Wildman–Crippen LogP) is 13.0. The van der Waals surface area contributed by atoms with Gasteiger partial charge in [-0.3, -0.25) is 0 Å². The Bertz CT molecular complexity index is 3100. The molecular weight excluding hydrogens is 1040 g/mol. The lowest BCUT2D eigenvalue weighted by atomic mass is 9.96. The molecule has 4 N–H and O–H groups in total. The monoisotopic (exact) mass is 1090 g/mol. The largest absolute Gasteiger partial charge is 0.573 e. The van der Waals surface area contributed by atoms with Crippen LogP contribution in [0.4, 0.5) is 61.2 Å². The van der Waals surface area contributed by atoms with Crippen LogP contribution in [0, 0.1) is 0 Å². The molecule has 2 aliphatic rings. The topological polar surface area (TPSA) is 172 Å². The number of hydrogen-bond donors (Lipinski definition) is 4. The highest BCUT2D eigenvalue weighted by atomic mass is 35.5. The van der Waals surface area contributed by atoms with Crippen LogP contribution in [0.15, 0.2) is 110 Å². The van der Waals surface area contributed by atoms with Crippen molar-refractivity contribution in [3.05, 3.63) is 154 Å². The Morgan fingerprint density at radius 1 is 0.566 bits per heavy atom. The number of imidazole rings is 2. The maximum absolute atomic E-state index is 12.6. The summed E-state index contributed by atoms with van der Waals surface area (Å²) in [5, 5.41) is 13.9. The Balaban J connectivity index is 0.000000186. The van der Waals surface area contributed by atoms with Gasteiger partial charge in [0.05, 0.1) is 37.0 Å². The Hall–Kier alpha value is -7.98. The first-order valence-electron chi connectivity index (χ1n) is 23.8. The number of fused-ring (bicyclic) bond motifs is 2. The van der Waals surface area contributed by atoms with Gasteiger partial charge in [-0.25, -0.2) is 19.9 Å². The second kappa shape index (κ2) is 22.5. The minimum atomic E-state index is -4.73. The van der Waals surface area contributed by atoms with E-state index < -0.39 is 12.7 Å². The number of nitrogens with one attached hydrogen (secondary N) is 4. The first kappa shape index (κ1) is 52.9. The minimum Gasteiger partial charge on any atom is -0.494 e. The molecule has 8 aromatic rings. The third kappa shape index (κ3) is 12.4. The van der Waals surface area contributed by atoms with Gasteiger partial charge in [-0.15, -0.1) is 26.3 Å². The fourth-order valence-electron chi connectivity index (χ4n) is 9.17. The molecule has 4 aromatic heterocycles. The van der Waals surface area contributed by atoms with Gasteiger partial charge < -0.3 is 49.3 Å². The molecule has 0 saturated heterocycles.